The molecule has 0 amide bonds. The van der Waals surface area contributed by atoms with E-state index in [1.165, 1.54) is 16.9 Å². The molecule has 0 radical (unpaired) electrons. The maximum atomic E-state index is 6.37. The molecule has 0 spiro atoms. The zero-order valence-electron chi connectivity index (χ0n) is 17.7. The minimum atomic E-state index is 0.210. The Hall–Kier alpha value is -3.01. The van der Waals surface area contributed by atoms with Gasteiger partial charge in [-0.2, -0.15) is 0 Å². The smallest absolute Gasteiger partial charge is 0.227 e. The van der Waals surface area contributed by atoms with Crippen LogP contribution in [0.5, 0.6) is 0 Å². The standard InChI is InChI=1S/C25H27N3O/c1-15(2)14-27-18(5)28(22-9-7-6-8-21(22)27)23-16(3)10-12-19-20-13-11-17(4)26-25(20)29-24(19)23/h6-13,15,18H,14H2,1-5H3/t18-/m0/s1. The van der Waals surface area contributed by atoms with Gasteiger partial charge in [-0.05, 0) is 56.5 Å². The van der Waals surface area contributed by atoms with Crippen LogP contribution in [-0.4, -0.2) is 17.7 Å². The lowest BCUT2D eigenvalue weighted by Gasteiger charge is -2.32. The molecule has 4 nitrogen and oxygen atoms in total. The largest absolute Gasteiger partial charge is 0.435 e. The zero-order valence-corrected chi connectivity index (χ0v) is 17.7. The molecule has 1 atom stereocenters. The summed E-state index contributed by atoms with van der Waals surface area (Å²) >= 11 is 0. The number of nitrogens with zero attached hydrogens (tertiary/aromatic N) is 3. The number of furan rings is 1. The SMILES string of the molecule is Cc1ccc2c(n1)oc1c(N3c4ccccc4N(CC(C)C)[C@@H]3C)c(C)ccc12. The number of fused-ring (bicyclic) bond motifs is 4. The molecular formula is C25H27N3O. The molecule has 29 heavy (non-hydrogen) atoms. The summed E-state index contributed by atoms with van der Waals surface area (Å²) in [5.41, 5.74) is 7.48. The van der Waals surface area contributed by atoms with Crippen LogP contribution in [0.3, 0.4) is 0 Å². The van der Waals surface area contributed by atoms with Crippen LogP contribution in [0.4, 0.5) is 17.1 Å². The summed E-state index contributed by atoms with van der Waals surface area (Å²) in [6.45, 7) is 12.0. The van der Waals surface area contributed by atoms with Gasteiger partial charge < -0.3 is 14.2 Å². The van der Waals surface area contributed by atoms with Crippen LogP contribution in [0.15, 0.2) is 52.9 Å². The predicted octanol–water partition coefficient (Wildman–Crippen LogP) is 6.56. The van der Waals surface area contributed by atoms with Gasteiger partial charge in [0.15, 0.2) is 5.58 Å². The Bertz CT molecular complexity index is 1220. The summed E-state index contributed by atoms with van der Waals surface area (Å²) in [5.74, 6) is 0.584. The van der Waals surface area contributed by atoms with E-state index < -0.39 is 0 Å². The molecule has 5 rings (SSSR count). The summed E-state index contributed by atoms with van der Waals surface area (Å²) in [5, 5.41) is 2.20. The molecule has 0 unspecified atom stereocenters. The van der Waals surface area contributed by atoms with E-state index in [9.17, 15) is 0 Å². The maximum absolute atomic E-state index is 6.37. The highest BCUT2D eigenvalue weighted by atomic mass is 16.3. The lowest BCUT2D eigenvalue weighted by atomic mass is 10.1. The number of benzene rings is 2. The second-order valence-electron chi connectivity index (χ2n) is 8.55. The van der Waals surface area contributed by atoms with Crippen LogP contribution in [-0.2, 0) is 0 Å². The second kappa shape index (κ2) is 6.51. The highest BCUT2D eigenvalue weighted by Crippen LogP contribution is 2.48. The van der Waals surface area contributed by atoms with E-state index in [4.69, 9.17) is 4.42 Å². The summed E-state index contributed by atoms with van der Waals surface area (Å²) in [4.78, 5) is 9.57. The van der Waals surface area contributed by atoms with E-state index in [0.717, 1.165) is 34.3 Å². The van der Waals surface area contributed by atoms with Crippen molar-refractivity contribution in [2.24, 2.45) is 5.92 Å². The Morgan fingerprint density at radius 3 is 2.45 bits per heavy atom. The van der Waals surface area contributed by atoms with Gasteiger partial charge in [-0.25, -0.2) is 4.98 Å². The van der Waals surface area contributed by atoms with Crippen molar-refractivity contribution >= 4 is 39.1 Å². The summed E-state index contributed by atoms with van der Waals surface area (Å²) < 4.78 is 6.37. The van der Waals surface area contributed by atoms with Crippen LogP contribution < -0.4 is 9.80 Å². The molecule has 0 bridgehead atoms. The quantitative estimate of drug-likeness (QED) is 0.400. The molecule has 4 aromatic rings. The number of anilines is 3. The number of rotatable bonds is 3. The van der Waals surface area contributed by atoms with E-state index in [0.29, 0.717) is 11.6 Å². The third-order valence-electron chi connectivity index (χ3n) is 5.90. The maximum Gasteiger partial charge on any atom is 0.227 e. The van der Waals surface area contributed by atoms with Gasteiger partial charge >= 0.3 is 0 Å². The van der Waals surface area contributed by atoms with E-state index in [-0.39, 0.29) is 6.17 Å². The molecule has 1 aliphatic rings. The summed E-state index contributed by atoms with van der Waals surface area (Å²) in [7, 11) is 0. The number of para-hydroxylation sites is 2. The van der Waals surface area contributed by atoms with Crippen LogP contribution in [0.1, 0.15) is 32.0 Å². The number of hydrogen-bond acceptors (Lipinski definition) is 4. The Morgan fingerprint density at radius 1 is 0.966 bits per heavy atom. The third-order valence-corrected chi connectivity index (χ3v) is 5.90. The Balaban J connectivity index is 1.77. The van der Waals surface area contributed by atoms with Crippen molar-refractivity contribution in [2.75, 3.05) is 16.3 Å². The third kappa shape index (κ3) is 2.70. The zero-order chi connectivity index (χ0) is 20.3. The fourth-order valence-corrected chi connectivity index (χ4v) is 4.60. The van der Waals surface area contributed by atoms with Crippen LogP contribution in [0.2, 0.25) is 0 Å². The first-order valence-corrected chi connectivity index (χ1v) is 10.4. The molecule has 3 heterocycles. The van der Waals surface area contributed by atoms with Gasteiger partial charge in [-0.15, -0.1) is 0 Å². The minimum absolute atomic E-state index is 0.210. The normalized spacial score (nSPS) is 16.4. The monoisotopic (exact) mass is 385 g/mol. The molecule has 4 heteroatoms. The molecule has 0 aliphatic carbocycles. The first kappa shape index (κ1) is 18.0. The first-order chi connectivity index (χ1) is 14.0. The van der Waals surface area contributed by atoms with Crippen LogP contribution in [0.25, 0.3) is 22.1 Å². The van der Waals surface area contributed by atoms with E-state index in [1.807, 2.05) is 6.92 Å². The Kier molecular flexibility index (Phi) is 4.05. The van der Waals surface area contributed by atoms with Crippen molar-refractivity contribution < 1.29 is 4.42 Å². The molecule has 0 saturated carbocycles. The van der Waals surface area contributed by atoms with E-state index >= 15 is 0 Å². The van der Waals surface area contributed by atoms with Gasteiger partial charge in [0.2, 0.25) is 5.71 Å². The summed E-state index contributed by atoms with van der Waals surface area (Å²) in [6, 6.07) is 17.2. The average molecular weight is 386 g/mol. The van der Waals surface area contributed by atoms with Gasteiger partial charge in [0.05, 0.1) is 17.1 Å². The molecule has 148 valence electrons. The lowest BCUT2D eigenvalue weighted by molar-refractivity contribution is 0.570. The van der Waals surface area contributed by atoms with Crippen molar-refractivity contribution in [1.29, 1.82) is 0 Å². The molecule has 1 aliphatic heterocycles. The van der Waals surface area contributed by atoms with Crippen molar-refractivity contribution in [2.45, 2.75) is 40.8 Å². The number of hydrogen-bond donors (Lipinski definition) is 0. The van der Waals surface area contributed by atoms with Crippen molar-refractivity contribution in [3.8, 4) is 0 Å². The Morgan fingerprint density at radius 2 is 1.69 bits per heavy atom. The molecule has 2 aromatic carbocycles. The van der Waals surface area contributed by atoms with Crippen LogP contribution in [0, 0.1) is 19.8 Å². The van der Waals surface area contributed by atoms with Gasteiger partial charge in [0.1, 0.15) is 6.17 Å². The molecule has 2 aromatic heterocycles. The highest BCUT2D eigenvalue weighted by molar-refractivity contribution is 6.10. The topological polar surface area (TPSA) is 32.5 Å². The van der Waals surface area contributed by atoms with E-state index in [1.54, 1.807) is 0 Å². The van der Waals surface area contributed by atoms with Gasteiger partial charge in [0, 0.05) is 23.0 Å². The van der Waals surface area contributed by atoms with Gasteiger partial charge in [-0.1, -0.05) is 38.1 Å². The van der Waals surface area contributed by atoms with Gasteiger partial charge in [-0.3, -0.25) is 0 Å². The second-order valence-corrected chi connectivity index (χ2v) is 8.55. The number of aromatic nitrogens is 1. The van der Waals surface area contributed by atoms with Crippen molar-refractivity contribution in [3.05, 3.63) is 59.8 Å². The van der Waals surface area contributed by atoms with Gasteiger partial charge in [0.25, 0.3) is 0 Å². The number of pyridine rings is 1. The predicted molar refractivity (Wildman–Crippen MR) is 121 cm³/mol. The van der Waals surface area contributed by atoms with Crippen molar-refractivity contribution in [1.82, 2.24) is 4.98 Å². The molecule has 0 fully saturated rings. The minimum Gasteiger partial charge on any atom is -0.435 e. The Labute approximate surface area is 171 Å². The molecular weight excluding hydrogens is 358 g/mol. The lowest BCUT2D eigenvalue weighted by Crippen LogP contribution is -2.40. The fourth-order valence-electron chi connectivity index (χ4n) is 4.60. The summed E-state index contributed by atoms with van der Waals surface area (Å²) in [6.07, 6.45) is 0.210. The molecule has 0 N–H and O–H groups in total. The first-order valence-electron chi connectivity index (χ1n) is 10.4. The van der Waals surface area contributed by atoms with Crippen molar-refractivity contribution in [3.63, 3.8) is 0 Å². The molecule has 0 saturated heterocycles. The highest BCUT2D eigenvalue weighted by Gasteiger charge is 2.36. The fraction of sp³-hybridized carbons (Fsp3) is 0.320. The number of aryl methyl sites for hydroxylation is 2. The van der Waals surface area contributed by atoms with Crippen LogP contribution >= 0.6 is 0 Å². The average Bonchev–Trinajstić information content (AvgIpc) is 3.17. The van der Waals surface area contributed by atoms with E-state index in [2.05, 4.69) is 91.0 Å².